The molecule has 2 amide bonds. The van der Waals surface area contributed by atoms with Gasteiger partial charge in [-0.15, -0.1) is 0 Å². The zero-order chi connectivity index (χ0) is 13.6. The van der Waals surface area contributed by atoms with E-state index in [2.05, 4.69) is 6.92 Å². The molecule has 0 bridgehead atoms. The fourth-order valence-electron chi connectivity index (χ4n) is 3.78. The van der Waals surface area contributed by atoms with Crippen molar-refractivity contribution in [3.05, 3.63) is 0 Å². The van der Waals surface area contributed by atoms with Gasteiger partial charge in [0.05, 0.1) is 5.60 Å². The van der Waals surface area contributed by atoms with Gasteiger partial charge in [-0.1, -0.05) is 0 Å². The van der Waals surface area contributed by atoms with Crippen molar-refractivity contribution in [3.8, 4) is 0 Å². The van der Waals surface area contributed by atoms with Gasteiger partial charge in [-0.05, 0) is 64.7 Å². The summed E-state index contributed by atoms with van der Waals surface area (Å²) < 4.78 is 0. The molecule has 104 valence electrons. The highest BCUT2D eigenvalue weighted by molar-refractivity contribution is 5.74. The molecule has 1 aliphatic carbocycles. The van der Waals surface area contributed by atoms with E-state index in [0.717, 1.165) is 38.6 Å². The molecule has 0 aromatic rings. The Morgan fingerprint density at radius 3 is 2.22 bits per heavy atom. The van der Waals surface area contributed by atoms with E-state index >= 15 is 0 Å². The molecule has 2 aliphatic rings. The van der Waals surface area contributed by atoms with Crippen molar-refractivity contribution in [1.29, 1.82) is 0 Å². The third-order valence-corrected chi connectivity index (χ3v) is 5.33. The van der Waals surface area contributed by atoms with Crippen LogP contribution in [0.5, 0.6) is 0 Å². The highest BCUT2D eigenvalue weighted by atomic mass is 16.3. The molecule has 4 nitrogen and oxygen atoms in total. The summed E-state index contributed by atoms with van der Waals surface area (Å²) in [5.41, 5.74) is 4.82. The number of hydrogen-bond acceptors (Lipinski definition) is 2. The van der Waals surface area contributed by atoms with Crippen molar-refractivity contribution in [2.24, 2.45) is 17.6 Å². The van der Waals surface area contributed by atoms with Gasteiger partial charge >= 0.3 is 6.03 Å². The third-order valence-electron chi connectivity index (χ3n) is 5.33. The molecule has 18 heavy (non-hydrogen) atoms. The zero-order valence-electron chi connectivity index (χ0n) is 11.8. The fraction of sp³-hybridized carbons (Fsp3) is 0.929. The van der Waals surface area contributed by atoms with Crippen LogP contribution in [0.1, 0.15) is 52.9 Å². The Labute approximate surface area is 110 Å². The molecular formula is C14H26N2O2. The number of likely N-dealkylation sites (tertiary alicyclic amines) is 1. The average molecular weight is 254 g/mol. The third kappa shape index (κ3) is 2.22. The predicted molar refractivity (Wildman–Crippen MR) is 71.1 cm³/mol. The lowest BCUT2D eigenvalue weighted by molar-refractivity contribution is -0.0522. The molecule has 0 aromatic carbocycles. The minimum atomic E-state index is -0.575. The van der Waals surface area contributed by atoms with Crippen LogP contribution < -0.4 is 5.73 Å². The standard InChI is InChI=1S/C14H26N2O2/c1-13(2,18)10-4-6-11(7-5-10)14(3)8-9-16(14)12(15)17/h10-11,18H,4-9H2,1-3H3,(H2,15,17). The molecule has 1 saturated heterocycles. The Morgan fingerprint density at radius 2 is 1.89 bits per heavy atom. The molecule has 2 fully saturated rings. The van der Waals surface area contributed by atoms with Crippen molar-refractivity contribution in [2.75, 3.05) is 6.54 Å². The number of hydrogen-bond donors (Lipinski definition) is 2. The first-order valence-electron chi connectivity index (χ1n) is 7.04. The molecular weight excluding hydrogens is 228 g/mol. The first kappa shape index (κ1) is 13.7. The van der Waals surface area contributed by atoms with Crippen molar-refractivity contribution in [1.82, 2.24) is 4.90 Å². The number of nitrogens with two attached hydrogens (primary N) is 1. The van der Waals surface area contributed by atoms with E-state index in [9.17, 15) is 9.90 Å². The molecule has 4 heteroatoms. The summed E-state index contributed by atoms with van der Waals surface area (Å²) in [6, 6.07) is -0.284. The number of carbonyl (C=O) groups excluding carboxylic acids is 1. The van der Waals surface area contributed by atoms with Gasteiger partial charge < -0.3 is 15.7 Å². The predicted octanol–water partition coefficient (Wildman–Crippen LogP) is 2.11. The largest absolute Gasteiger partial charge is 0.390 e. The number of carbonyl (C=O) groups is 1. The molecule has 1 aliphatic heterocycles. The van der Waals surface area contributed by atoms with Crippen LogP contribution in [0.4, 0.5) is 4.79 Å². The number of rotatable bonds is 2. The van der Waals surface area contributed by atoms with Crippen molar-refractivity contribution < 1.29 is 9.90 Å². The zero-order valence-corrected chi connectivity index (χ0v) is 11.8. The second kappa shape index (κ2) is 4.41. The second-order valence-electron chi connectivity index (χ2n) is 6.80. The average Bonchev–Trinajstić information content (AvgIpc) is 2.25. The molecule has 0 radical (unpaired) electrons. The van der Waals surface area contributed by atoms with Gasteiger partial charge in [0.1, 0.15) is 0 Å². The van der Waals surface area contributed by atoms with Gasteiger partial charge in [0.15, 0.2) is 0 Å². The SMILES string of the molecule is CC(C)(O)C1CCC(C2(C)CCN2C(N)=O)CC1. The maximum Gasteiger partial charge on any atom is 0.315 e. The van der Waals surface area contributed by atoms with Crippen LogP contribution in [-0.2, 0) is 0 Å². The first-order chi connectivity index (χ1) is 8.25. The van der Waals surface area contributed by atoms with E-state index < -0.39 is 5.60 Å². The Morgan fingerprint density at radius 1 is 1.33 bits per heavy atom. The normalized spacial score (nSPS) is 37.2. The summed E-state index contributed by atoms with van der Waals surface area (Å²) in [7, 11) is 0. The van der Waals surface area contributed by atoms with Crippen LogP contribution in [0.3, 0.4) is 0 Å². The monoisotopic (exact) mass is 254 g/mol. The quantitative estimate of drug-likeness (QED) is 0.792. The Balaban J connectivity index is 1.96. The minimum Gasteiger partial charge on any atom is -0.390 e. The van der Waals surface area contributed by atoms with E-state index in [4.69, 9.17) is 5.73 Å². The second-order valence-corrected chi connectivity index (χ2v) is 6.80. The summed E-state index contributed by atoms with van der Waals surface area (Å²) >= 11 is 0. The maximum atomic E-state index is 11.4. The van der Waals surface area contributed by atoms with Crippen LogP contribution in [0.15, 0.2) is 0 Å². The molecule has 1 saturated carbocycles. The van der Waals surface area contributed by atoms with E-state index in [1.54, 1.807) is 0 Å². The van der Waals surface area contributed by atoms with Gasteiger partial charge in [-0.3, -0.25) is 0 Å². The van der Waals surface area contributed by atoms with Crippen molar-refractivity contribution in [2.45, 2.75) is 64.0 Å². The molecule has 1 heterocycles. The van der Waals surface area contributed by atoms with Gasteiger partial charge in [0, 0.05) is 12.1 Å². The first-order valence-corrected chi connectivity index (χ1v) is 7.04. The lowest BCUT2D eigenvalue weighted by atomic mass is 9.65. The number of aliphatic hydroxyl groups is 1. The lowest BCUT2D eigenvalue weighted by Gasteiger charge is -2.56. The van der Waals surface area contributed by atoms with Gasteiger partial charge in [-0.25, -0.2) is 4.79 Å². The summed E-state index contributed by atoms with van der Waals surface area (Å²) in [4.78, 5) is 13.2. The highest BCUT2D eigenvalue weighted by Crippen LogP contribution is 2.46. The summed E-state index contributed by atoms with van der Waals surface area (Å²) in [5.74, 6) is 0.928. The van der Waals surface area contributed by atoms with Gasteiger partial charge in [-0.2, -0.15) is 0 Å². The number of urea groups is 1. The van der Waals surface area contributed by atoms with E-state index in [-0.39, 0.29) is 11.6 Å². The highest BCUT2D eigenvalue weighted by Gasteiger charge is 2.49. The van der Waals surface area contributed by atoms with E-state index in [0.29, 0.717) is 11.8 Å². The maximum absolute atomic E-state index is 11.4. The van der Waals surface area contributed by atoms with Crippen molar-refractivity contribution in [3.63, 3.8) is 0 Å². The molecule has 1 unspecified atom stereocenters. The van der Waals surface area contributed by atoms with Crippen molar-refractivity contribution >= 4 is 6.03 Å². The molecule has 1 atom stereocenters. The van der Waals surface area contributed by atoms with Gasteiger partial charge in [0.25, 0.3) is 0 Å². The Kier molecular flexibility index (Phi) is 3.34. The van der Waals surface area contributed by atoms with E-state index in [1.165, 1.54) is 0 Å². The minimum absolute atomic E-state index is 0.0313. The summed E-state index contributed by atoms with van der Waals surface area (Å²) in [6.07, 6.45) is 5.35. The smallest absolute Gasteiger partial charge is 0.315 e. The van der Waals surface area contributed by atoms with Crippen LogP contribution in [-0.4, -0.2) is 33.7 Å². The lowest BCUT2D eigenvalue weighted by Crippen LogP contribution is -2.65. The van der Waals surface area contributed by atoms with Crippen LogP contribution in [0, 0.1) is 11.8 Å². The molecule has 0 aromatic heterocycles. The molecule has 2 rings (SSSR count). The number of primary amides is 1. The summed E-state index contributed by atoms with van der Waals surface area (Å²) in [5, 5.41) is 10.1. The summed E-state index contributed by atoms with van der Waals surface area (Å²) in [6.45, 7) is 6.77. The fourth-order valence-corrected chi connectivity index (χ4v) is 3.78. The molecule has 0 spiro atoms. The topological polar surface area (TPSA) is 66.6 Å². The van der Waals surface area contributed by atoms with Crippen LogP contribution in [0.25, 0.3) is 0 Å². The van der Waals surface area contributed by atoms with Crippen LogP contribution >= 0.6 is 0 Å². The molecule has 3 N–H and O–H groups in total. The Hall–Kier alpha value is -0.770. The number of amides is 2. The van der Waals surface area contributed by atoms with E-state index in [1.807, 2.05) is 18.7 Å². The van der Waals surface area contributed by atoms with Crippen LogP contribution in [0.2, 0.25) is 0 Å². The number of nitrogens with zero attached hydrogens (tertiary/aromatic N) is 1. The Bertz CT molecular complexity index is 329. The van der Waals surface area contributed by atoms with Gasteiger partial charge in [0.2, 0.25) is 0 Å².